The molecule has 3 heterocycles. The van der Waals surface area contributed by atoms with Crippen LogP contribution in [0, 0.1) is 19.8 Å². The number of hydrogen-bond donors (Lipinski definition) is 0. The Bertz CT molecular complexity index is 686. The largest absolute Gasteiger partial charge is 0.384 e. The first kappa shape index (κ1) is 16.1. The molecule has 0 N–H and O–H groups in total. The zero-order valence-electron chi connectivity index (χ0n) is 13.7. The number of pyridine rings is 1. The third kappa shape index (κ3) is 3.28. The maximum atomic E-state index is 12.8. The molecular weight excluding hydrogens is 310 g/mol. The Labute approximate surface area is 140 Å². The summed E-state index contributed by atoms with van der Waals surface area (Å²) in [5, 5.41) is 0.930. The number of amides is 1. The second-order valence-electron chi connectivity index (χ2n) is 5.93. The van der Waals surface area contributed by atoms with Crippen LogP contribution in [0.25, 0.3) is 0 Å². The van der Waals surface area contributed by atoms with Crippen molar-refractivity contribution in [1.29, 1.82) is 0 Å². The van der Waals surface area contributed by atoms with Crippen LogP contribution in [-0.4, -0.2) is 47.6 Å². The van der Waals surface area contributed by atoms with E-state index < -0.39 is 0 Å². The first-order chi connectivity index (χ1) is 11.1. The molecule has 5 nitrogen and oxygen atoms in total. The molecule has 23 heavy (non-hydrogen) atoms. The van der Waals surface area contributed by atoms with Crippen LogP contribution >= 0.6 is 11.3 Å². The first-order valence-electron chi connectivity index (χ1n) is 7.73. The predicted molar refractivity (Wildman–Crippen MR) is 89.8 cm³/mol. The zero-order chi connectivity index (χ0) is 16.4. The van der Waals surface area contributed by atoms with E-state index in [1.54, 1.807) is 13.3 Å². The maximum absolute atomic E-state index is 12.8. The van der Waals surface area contributed by atoms with Crippen molar-refractivity contribution in [1.82, 2.24) is 14.9 Å². The van der Waals surface area contributed by atoms with Crippen molar-refractivity contribution in [3.8, 4) is 0 Å². The molecule has 1 aliphatic rings. The zero-order valence-corrected chi connectivity index (χ0v) is 14.5. The van der Waals surface area contributed by atoms with E-state index in [4.69, 9.17) is 4.74 Å². The Morgan fingerprint density at radius 3 is 2.83 bits per heavy atom. The van der Waals surface area contributed by atoms with E-state index in [0.717, 1.165) is 21.3 Å². The van der Waals surface area contributed by atoms with Gasteiger partial charge in [0.15, 0.2) is 0 Å². The lowest BCUT2D eigenvalue weighted by Gasteiger charge is -2.16. The minimum Gasteiger partial charge on any atom is -0.384 e. The van der Waals surface area contributed by atoms with Gasteiger partial charge in [-0.3, -0.25) is 9.78 Å². The van der Waals surface area contributed by atoms with Crippen LogP contribution in [0.2, 0.25) is 0 Å². The normalized spacial score (nSPS) is 20.9. The molecule has 2 aromatic rings. The number of methoxy groups -OCH3 is 1. The van der Waals surface area contributed by atoms with Gasteiger partial charge in [-0.25, -0.2) is 4.98 Å². The molecule has 0 unspecified atom stereocenters. The average Bonchev–Trinajstić information content (AvgIpc) is 3.11. The average molecular weight is 331 g/mol. The number of aromatic nitrogens is 2. The number of rotatable bonds is 4. The first-order valence-corrected chi connectivity index (χ1v) is 8.55. The lowest BCUT2D eigenvalue weighted by Crippen LogP contribution is -2.29. The molecule has 1 amide bonds. The van der Waals surface area contributed by atoms with Crippen molar-refractivity contribution in [3.63, 3.8) is 0 Å². The second-order valence-corrected chi connectivity index (χ2v) is 7.14. The molecule has 2 atom stereocenters. The predicted octanol–water partition coefficient (Wildman–Crippen LogP) is 2.66. The van der Waals surface area contributed by atoms with Crippen molar-refractivity contribution in [2.75, 3.05) is 26.8 Å². The maximum Gasteiger partial charge on any atom is 0.265 e. The van der Waals surface area contributed by atoms with Crippen molar-refractivity contribution >= 4 is 17.2 Å². The second kappa shape index (κ2) is 6.76. The van der Waals surface area contributed by atoms with Gasteiger partial charge in [-0.15, -0.1) is 11.3 Å². The Kier molecular flexibility index (Phi) is 4.73. The monoisotopic (exact) mass is 331 g/mol. The minimum atomic E-state index is 0.0765. The molecular formula is C17H21N3O2S. The van der Waals surface area contributed by atoms with Crippen LogP contribution in [0.15, 0.2) is 24.4 Å². The standard InChI is InChI=1S/C17H21N3O2S/c1-11-16(23-12(2)19-11)17(21)20-8-13(10-22-3)14(9-20)15-6-4-5-7-18-15/h4-7,13-14H,8-10H2,1-3H3/t13-,14+/m0/s1. The molecule has 0 radical (unpaired) electrons. The molecule has 0 aromatic carbocycles. The van der Waals surface area contributed by atoms with E-state index in [2.05, 4.69) is 9.97 Å². The number of aryl methyl sites for hydroxylation is 2. The van der Waals surface area contributed by atoms with Gasteiger partial charge in [0.05, 0.1) is 17.3 Å². The van der Waals surface area contributed by atoms with Gasteiger partial charge in [0, 0.05) is 43.9 Å². The fourth-order valence-electron chi connectivity index (χ4n) is 3.22. The summed E-state index contributed by atoms with van der Waals surface area (Å²) < 4.78 is 5.36. The van der Waals surface area contributed by atoms with Crippen LogP contribution in [-0.2, 0) is 4.74 Å². The lowest BCUT2D eigenvalue weighted by atomic mass is 9.93. The molecule has 122 valence electrons. The van der Waals surface area contributed by atoms with E-state index in [-0.39, 0.29) is 17.7 Å². The van der Waals surface area contributed by atoms with Gasteiger partial charge in [0.1, 0.15) is 4.88 Å². The molecule has 1 fully saturated rings. The van der Waals surface area contributed by atoms with E-state index in [0.29, 0.717) is 19.7 Å². The van der Waals surface area contributed by atoms with Gasteiger partial charge in [-0.05, 0) is 26.0 Å². The molecule has 2 aromatic heterocycles. The summed E-state index contributed by atoms with van der Waals surface area (Å²) in [5.74, 6) is 0.565. The molecule has 3 rings (SSSR count). The van der Waals surface area contributed by atoms with Gasteiger partial charge < -0.3 is 9.64 Å². The smallest absolute Gasteiger partial charge is 0.265 e. The fraction of sp³-hybridized carbons (Fsp3) is 0.471. The summed E-state index contributed by atoms with van der Waals surface area (Å²) in [5.41, 5.74) is 1.85. The van der Waals surface area contributed by atoms with Gasteiger partial charge in [-0.2, -0.15) is 0 Å². The number of thiazole rings is 1. The van der Waals surface area contributed by atoms with Crippen molar-refractivity contribution in [2.24, 2.45) is 5.92 Å². The highest BCUT2D eigenvalue weighted by Gasteiger charge is 2.37. The molecule has 6 heteroatoms. The molecule has 1 aliphatic heterocycles. The third-order valence-electron chi connectivity index (χ3n) is 4.27. The molecule has 1 saturated heterocycles. The SMILES string of the molecule is COC[C@@H]1CN(C(=O)c2sc(C)nc2C)C[C@H]1c1ccccn1. The Morgan fingerprint density at radius 1 is 1.39 bits per heavy atom. The van der Waals surface area contributed by atoms with E-state index in [9.17, 15) is 4.79 Å². The van der Waals surface area contributed by atoms with Crippen LogP contribution < -0.4 is 0 Å². The minimum absolute atomic E-state index is 0.0765. The van der Waals surface area contributed by atoms with Gasteiger partial charge in [-0.1, -0.05) is 6.07 Å². The summed E-state index contributed by atoms with van der Waals surface area (Å²) in [6.07, 6.45) is 1.81. The van der Waals surface area contributed by atoms with Gasteiger partial charge >= 0.3 is 0 Å². The van der Waals surface area contributed by atoms with Crippen LogP contribution in [0.5, 0.6) is 0 Å². The van der Waals surface area contributed by atoms with Crippen molar-refractivity contribution < 1.29 is 9.53 Å². The number of carbonyl (C=O) groups is 1. The number of carbonyl (C=O) groups excluding carboxylic acids is 1. The summed E-state index contributed by atoms with van der Waals surface area (Å²) in [7, 11) is 1.71. The number of nitrogens with zero attached hydrogens (tertiary/aromatic N) is 3. The summed E-state index contributed by atoms with van der Waals surface area (Å²) in [6, 6.07) is 5.94. The van der Waals surface area contributed by atoms with Crippen molar-refractivity contribution in [3.05, 3.63) is 45.7 Å². The van der Waals surface area contributed by atoms with E-state index in [1.807, 2.05) is 36.9 Å². The third-order valence-corrected chi connectivity index (χ3v) is 5.34. The van der Waals surface area contributed by atoms with Crippen LogP contribution in [0.4, 0.5) is 0 Å². The molecule has 0 spiro atoms. The van der Waals surface area contributed by atoms with Gasteiger partial charge in [0.2, 0.25) is 0 Å². The Hall–Kier alpha value is -1.79. The fourth-order valence-corrected chi connectivity index (χ4v) is 4.11. The van der Waals surface area contributed by atoms with Crippen LogP contribution in [0.1, 0.15) is 32.0 Å². The van der Waals surface area contributed by atoms with Crippen LogP contribution in [0.3, 0.4) is 0 Å². The van der Waals surface area contributed by atoms with Crippen molar-refractivity contribution in [2.45, 2.75) is 19.8 Å². The molecule has 0 bridgehead atoms. The quantitative estimate of drug-likeness (QED) is 0.864. The summed E-state index contributed by atoms with van der Waals surface area (Å²) >= 11 is 1.47. The van der Waals surface area contributed by atoms with Gasteiger partial charge in [0.25, 0.3) is 5.91 Å². The molecule has 0 aliphatic carbocycles. The summed E-state index contributed by atoms with van der Waals surface area (Å²) in [6.45, 7) is 5.84. The number of hydrogen-bond acceptors (Lipinski definition) is 5. The number of likely N-dealkylation sites (tertiary alicyclic amines) is 1. The summed E-state index contributed by atoms with van der Waals surface area (Å²) in [4.78, 5) is 24.4. The molecule has 0 saturated carbocycles. The van der Waals surface area contributed by atoms with E-state index in [1.165, 1.54) is 11.3 Å². The Balaban J connectivity index is 1.82. The Morgan fingerprint density at radius 2 is 2.22 bits per heavy atom. The van der Waals surface area contributed by atoms with E-state index >= 15 is 0 Å². The topological polar surface area (TPSA) is 55.3 Å². The highest BCUT2D eigenvalue weighted by molar-refractivity contribution is 7.13. The number of ether oxygens (including phenoxy) is 1. The highest BCUT2D eigenvalue weighted by Crippen LogP contribution is 2.33. The highest BCUT2D eigenvalue weighted by atomic mass is 32.1. The lowest BCUT2D eigenvalue weighted by molar-refractivity contribution is 0.0779.